The third-order valence-corrected chi connectivity index (χ3v) is 5.78. The van der Waals surface area contributed by atoms with E-state index in [2.05, 4.69) is 22.8 Å². The van der Waals surface area contributed by atoms with Crippen molar-refractivity contribution in [3.05, 3.63) is 24.3 Å². The van der Waals surface area contributed by atoms with Gasteiger partial charge in [-0.25, -0.2) is 0 Å². The van der Waals surface area contributed by atoms with Gasteiger partial charge in [0, 0.05) is 10.1 Å². The van der Waals surface area contributed by atoms with E-state index in [0.29, 0.717) is 0 Å². The summed E-state index contributed by atoms with van der Waals surface area (Å²) in [4.78, 5) is 13.6. The van der Waals surface area contributed by atoms with Crippen molar-refractivity contribution in [2.45, 2.75) is 61.1 Å². The van der Waals surface area contributed by atoms with E-state index >= 15 is 0 Å². The van der Waals surface area contributed by atoms with E-state index in [1.165, 1.54) is 37.0 Å². The van der Waals surface area contributed by atoms with Gasteiger partial charge in [-0.2, -0.15) is 0 Å². The average Bonchev–Trinajstić information content (AvgIpc) is 3.03. The Hall–Kier alpha value is -1.00. The first kappa shape index (κ1) is 14.9. The predicted molar refractivity (Wildman–Crippen MR) is 88.8 cm³/mol. The molecule has 3 rings (SSSR count). The molecule has 0 spiro atoms. The summed E-state index contributed by atoms with van der Waals surface area (Å²) in [5, 5.41) is 7.16. The lowest BCUT2D eigenvalue weighted by atomic mass is 10.0. The van der Waals surface area contributed by atoms with Gasteiger partial charge in [-0.05, 0) is 44.4 Å². The fourth-order valence-corrected chi connectivity index (χ4v) is 4.49. The molecule has 1 saturated heterocycles. The summed E-state index contributed by atoms with van der Waals surface area (Å²) in [5.41, 5.74) is 0.978. The molecule has 2 fully saturated rings. The third kappa shape index (κ3) is 4.01. The topological polar surface area (TPSA) is 41.1 Å². The molecule has 2 aliphatic rings. The van der Waals surface area contributed by atoms with Crippen LogP contribution in [0, 0.1) is 0 Å². The minimum Gasteiger partial charge on any atom is -0.324 e. The van der Waals surface area contributed by atoms with Gasteiger partial charge in [0.2, 0.25) is 5.91 Å². The summed E-state index contributed by atoms with van der Waals surface area (Å²) in [6.07, 6.45) is 8.57. The molecule has 3 nitrogen and oxygen atoms in total. The van der Waals surface area contributed by atoms with Crippen molar-refractivity contribution in [3.8, 4) is 0 Å². The minimum absolute atomic E-state index is 0.0247. The van der Waals surface area contributed by atoms with Crippen LogP contribution in [0.1, 0.15) is 44.9 Å². The number of benzene rings is 1. The number of amides is 1. The summed E-state index contributed by atoms with van der Waals surface area (Å²) in [5.74, 6) is 0.120. The Kier molecular flexibility index (Phi) is 5.20. The molecule has 1 aromatic rings. The van der Waals surface area contributed by atoms with Crippen LogP contribution in [0.4, 0.5) is 5.69 Å². The second-order valence-corrected chi connectivity index (χ2v) is 7.35. The van der Waals surface area contributed by atoms with Gasteiger partial charge in [0.1, 0.15) is 0 Å². The largest absolute Gasteiger partial charge is 0.324 e. The molecule has 1 unspecified atom stereocenters. The Morgan fingerprint density at radius 1 is 1.10 bits per heavy atom. The standard InChI is InChI=1S/C17H24N2OS/c20-17(15-10-5-6-12-18-15)19-14-9-3-4-11-16(14)21-13-7-1-2-8-13/h3-4,9,11,13,15,18H,1-2,5-8,10,12H2,(H,19,20). The Balaban J connectivity index is 1.65. The maximum atomic E-state index is 12.4. The number of nitrogens with one attached hydrogen (secondary N) is 2. The molecule has 1 amide bonds. The predicted octanol–water partition coefficient (Wildman–Crippen LogP) is 3.80. The lowest BCUT2D eigenvalue weighted by Crippen LogP contribution is -2.43. The number of para-hydroxylation sites is 1. The van der Waals surface area contributed by atoms with E-state index in [9.17, 15) is 4.79 Å². The van der Waals surface area contributed by atoms with Crippen molar-refractivity contribution in [2.24, 2.45) is 0 Å². The van der Waals surface area contributed by atoms with Crippen LogP contribution in [0.3, 0.4) is 0 Å². The van der Waals surface area contributed by atoms with E-state index in [1.54, 1.807) is 0 Å². The third-order valence-electron chi connectivity index (χ3n) is 4.37. The van der Waals surface area contributed by atoms with Crippen molar-refractivity contribution in [1.82, 2.24) is 5.32 Å². The molecular formula is C17H24N2OS. The van der Waals surface area contributed by atoms with E-state index in [4.69, 9.17) is 0 Å². The zero-order valence-electron chi connectivity index (χ0n) is 12.4. The molecule has 114 valence electrons. The Labute approximate surface area is 131 Å². The van der Waals surface area contributed by atoms with Crippen LogP contribution >= 0.6 is 11.8 Å². The molecule has 1 aromatic carbocycles. The number of hydrogen-bond donors (Lipinski definition) is 2. The van der Waals surface area contributed by atoms with Gasteiger partial charge in [0.05, 0.1) is 11.7 Å². The number of anilines is 1. The molecule has 1 saturated carbocycles. The molecule has 0 bridgehead atoms. The zero-order chi connectivity index (χ0) is 14.5. The molecule has 0 aromatic heterocycles. The molecule has 1 atom stereocenters. The van der Waals surface area contributed by atoms with Crippen LogP contribution in [0.2, 0.25) is 0 Å². The van der Waals surface area contributed by atoms with Crippen LogP contribution in [0.15, 0.2) is 29.2 Å². The molecule has 21 heavy (non-hydrogen) atoms. The highest BCUT2D eigenvalue weighted by molar-refractivity contribution is 8.00. The summed E-state index contributed by atoms with van der Waals surface area (Å²) in [7, 11) is 0. The molecule has 1 aliphatic heterocycles. The first-order valence-electron chi connectivity index (χ1n) is 8.13. The van der Waals surface area contributed by atoms with E-state index < -0.39 is 0 Å². The Bertz CT molecular complexity index is 479. The van der Waals surface area contributed by atoms with Gasteiger partial charge >= 0.3 is 0 Å². The number of rotatable bonds is 4. The number of hydrogen-bond acceptors (Lipinski definition) is 3. The Morgan fingerprint density at radius 3 is 2.62 bits per heavy atom. The summed E-state index contributed by atoms with van der Waals surface area (Å²) in [6.45, 7) is 0.955. The van der Waals surface area contributed by atoms with Crippen LogP contribution in [-0.4, -0.2) is 23.7 Å². The quantitative estimate of drug-likeness (QED) is 0.889. The smallest absolute Gasteiger partial charge is 0.241 e. The first-order chi connectivity index (χ1) is 10.3. The fraction of sp³-hybridized carbons (Fsp3) is 0.588. The second kappa shape index (κ2) is 7.32. The van der Waals surface area contributed by atoms with Crippen molar-refractivity contribution in [1.29, 1.82) is 0 Å². The van der Waals surface area contributed by atoms with Crippen LogP contribution in [-0.2, 0) is 4.79 Å². The number of carbonyl (C=O) groups is 1. The summed E-state index contributed by atoms with van der Waals surface area (Å²) < 4.78 is 0. The highest BCUT2D eigenvalue weighted by Gasteiger charge is 2.22. The zero-order valence-corrected chi connectivity index (χ0v) is 13.3. The van der Waals surface area contributed by atoms with E-state index in [-0.39, 0.29) is 11.9 Å². The lowest BCUT2D eigenvalue weighted by molar-refractivity contribution is -0.118. The van der Waals surface area contributed by atoms with Crippen molar-refractivity contribution < 1.29 is 4.79 Å². The van der Waals surface area contributed by atoms with Gasteiger partial charge in [0.25, 0.3) is 0 Å². The molecule has 4 heteroatoms. The van der Waals surface area contributed by atoms with Crippen LogP contribution < -0.4 is 10.6 Å². The van der Waals surface area contributed by atoms with E-state index in [1.807, 2.05) is 23.9 Å². The second-order valence-electron chi connectivity index (χ2n) is 6.01. The first-order valence-corrected chi connectivity index (χ1v) is 9.01. The summed E-state index contributed by atoms with van der Waals surface area (Å²) in [6, 6.07) is 8.20. The van der Waals surface area contributed by atoms with Crippen molar-refractivity contribution >= 4 is 23.4 Å². The Morgan fingerprint density at radius 2 is 1.86 bits per heavy atom. The SMILES string of the molecule is O=C(Nc1ccccc1SC1CCCC1)C1CCCCN1. The van der Waals surface area contributed by atoms with Gasteiger partial charge in [-0.15, -0.1) is 11.8 Å². The van der Waals surface area contributed by atoms with Gasteiger partial charge in [-0.1, -0.05) is 31.4 Å². The molecular weight excluding hydrogens is 280 g/mol. The number of carbonyl (C=O) groups excluding carboxylic acids is 1. The molecule has 2 N–H and O–H groups in total. The summed E-state index contributed by atoms with van der Waals surface area (Å²) >= 11 is 1.93. The minimum atomic E-state index is -0.0247. The van der Waals surface area contributed by atoms with Crippen molar-refractivity contribution in [3.63, 3.8) is 0 Å². The van der Waals surface area contributed by atoms with Gasteiger partial charge in [0.15, 0.2) is 0 Å². The highest BCUT2D eigenvalue weighted by atomic mass is 32.2. The highest BCUT2D eigenvalue weighted by Crippen LogP contribution is 2.38. The maximum absolute atomic E-state index is 12.4. The normalized spacial score (nSPS) is 23.1. The number of piperidine rings is 1. The van der Waals surface area contributed by atoms with E-state index in [0.717, 1.165) is 30.3 Å². The van der Waals surface area contributed by atoms with Crippen LogP contribution in [0.5, 0.6) is 0 Å². The molecule has 1 heterocycles. The lowest BCUT2D eigenvalue weighted by Gasteiger charge is -2.23. The maximum Gasteiger partial charge on any atom is 0.241 e. The van der Waals surface area contributed by atoms with Gasteiger partial charge in [-0.3, -0.25) is 4.79 Å². The molecule has 0 radical (unpaired) electrons. The number of thioether (sulfide) groups is 1. The monoisotopic (exact) mass is 304 g/mol. The van der Waals surface area contributed by atoms with Gasteiger partial charge < -0.3 is 10.6 Å². The van der Waals surface area contributed by atoms with Crippen LogP contribution in [0.25, 0.3) is 0 Å². The average molecular weight is 304 g/mol. The molecule has 1 aliphatic carbocycles. The fourth-order valence-electron chi connectivity index (χ4n) is 3.15. The van der Waals surface area contributed by atoms with Crippen molar-refractivity contribution in [2.75, 3.05) is 11.9 Å².